The SMILES string of the molecule is Cc1cc(C)c2oc(-c3cc(NC(=S)NC(=O)c4ccc5c(c4)OCCO5)ccc3O)nc2c1. The number of rotatable bonds is 3. The van der Waals surface area contributed by atoms with E-state index >= 15 is 0 Å². The van der Waals surface area contributed by atoms with Gasteiger partial charge in [0.05, 0.1) is 5.56 Å². The first kappa shape index (κ1) is 21.7. The lowest BCUT2D eigenvalue weighted by Crippen LogP contribution is -2.34. The zero-order valence-corrected chi connectivity index (χ0v) is 19.3. The van der Waals surface area contributed by atoms with Crippen molar-refractivity contribution in [2.24, 2.45) is 0 Å². The molecule has 4 aromatic rings. The monoisotopic (exact) mass is 475 g/mol. The fourth-order valence-corrected chi connectivity index (χ4v) is 4.01. The van der Waals surface area contributed by atoms with Crippen LogP contribution in [0.4, 0.5) is 5.69 Å². The van der Waals surface area contributed by atoms with Gasteiger partial charge >= 0.3 is 0 Å². The van der Waals surface area contributed by atoms with Crippen LogP contribution in [0, 0.1) is 13.8 Å². The summed E-state index contributed by atoms with van der Waals surface area (Å²) in [7, 11) is 0. The number of fused-ring (bicyclic) bond motifs is 2. The third-order valence-corrected chi connectivity index (χ3v) is 5.54. The molecule has 3 N–H and O–H groups in total. The van der Waals surface area contributed by atoms with Crippen molar-refractivity contribution in [1.29, 1.82) is 0 Å². The topological polar surface area (TPSA) is 106 Å². The molecule has 1 amide bonds. The van der Waals surface area contributed by atoms with E-state index in [2.05, 4.69) is 15.6 Å². The highest BCUT2D eigenvalue weighted by Crippen LogP contribution is 2.34. The number of carbonyl (C=O) groups is 1. The van der Waals surface area contributed by atoms with Crippen molar-refractivity contribution in [3.05, 3.63) is 65.2 Å². The number of carbonyl (C=O) groups excluding carboxylic acids is 1. The molecule has 0 radical (unpaired) electrons. The molecule has 1 aliphatic heterocycles. The molecule has 1 aromatic heterocycles. The number of amides is 1. The molecule has 0 atom stereocenters. The molecular formula is C25H21N3O5S. The molecule has 0 spiro atoms. The molecule has 0 bridgehead atoms. The van der Waals surface area contributed by atoms with E-state index < -0.39 is 5.91 Å². The average Bonchev–Trinajstić information content (AvgIpc) is 3.24. The van der Waals surface area contributed by atoms with E-state index in [0.717, 1.165) is 11.1 Å². The Balaban J connectivity index is 1.33. The van der Waals surface area contributed by atoms with E-state index in [9.17, 15) is 9.90 Å². The van der Waals surface area contributed by atoms with Gasteiger partial charge in [-0.05, 0) is 79.7 Å². The Bertz CT molecular complexity index is 1450. The maximum Gasteiger partial charge on any atom is 0.257 e. The molecule has 0 saturated carbocycles. The maximum atomic E-state index is 12.6. The largest absolute Gasteiger partial charge is 0.507 e. The highest BCUT2D eigenvalue weighted by atomic mass is 32.1. The second-order valence-electron chi connectivity index (χ2n) is 7.95. The number of phenols is 1. The van der Waals surface area contributed by atoms with Gasteiger partial charge in [0.1, 0.15) is 24.5 Å². The number of nitrogens with zero attached hydrogens (tertiary/aromatic N) is 1. The molecule has 1 aliphatic rings. The lowest BCUT2D eigenvalue weighted by atomic mass is 10.1. The van der Waals surface area contributed by atoms with Crippen LogP contribution in [0.5, 0.6) is 17.2 Å². The Hall–Kier alpha value is -4.11. The van der Waals surface area contributed by atoms with E-state index in [0.29, 0.717) is 52.6 Å². The van der Waals surface area contributed by atoms with Gasteiger partial charge in [0, 0.05) is 11.3 Å². The van der Waals surface area contributed by atoms with Crippen LogP contribution in [-0.4, -0.2) is 34.3 Å². The van der Waals surface area contributed by atoms with Crippen LogP contribution in [0.25, 0.3) is 22.6 Å². The zero-order chi connectivity index (χ0) is 23.8. The number of aryl methyl sites for hydroxylation is 2. The molecule has 172 valence electrons. The van der Waals surface area contributed by atoms with Gasteiger partial charge in [-0.1, -0.05) is 6.07 Å². The van der Waals surface area contributed by atoms with Gasteiger partial charge in [-0.3, -0.25) is 10.1 Å². The highest BCUT2D eigenvalue weighted by molar-refractivity contribution is 7.80. The van der Waals surface area contributed by atoms with Crippen LogP contribution in [0.1, 0.15) is 21.5 Å². The average molecular weight is 476 g/mol. The second kappa shape index (κ2) is 8.68. The number of benzene rings is 3. The number of oxazole rings is 1. The predicted octanol–water partition coefficient (Wildman–Crippen LogP) is 4.72. The summed E-state index contributed by atoms with van der Waals surface area (Å²) >= 11 is 5.31. The van der Waals surface area contributed by atoms with Crippen molar-refractivity contribution < 1.29 is 23.8 Å². The van der Waals surface area contributed by atoms with Crippen molar-refractivity contribution >= 4 is 40.0 Å². The van der Waals surface area contributed by atoms with E-state index in [1.54, 1.807) is 30.3 Å². The summed E-state index contributed by atoms with van der Waals surface area (Å²) < 4.78 is 16.9. The number of aromatic hydroxyl groups is 1. The third-order valence-electron chi connectivity index (χ3n) is 5.34. The van der Waals surface area contributed by atoms with Crippen LogP contribution >= 0.6 is 12.2 Å². The molecule has 9 heteroatoms. The summed E-state index contributed by atoms with van der Waals surface area (Å²) in [6.07, 6.45) is 0. The Morgan fingerprint density at radius 2 is 1.82 bits per heavy atom. The van der Waals surface area contributed by atoms with Gasteiger partial charge in [-0.2, -0.15) is 0 Å². The van der Waals surface area contributed by atoms with Crippen LogP contribution in [0.3, 0.4) is 0 Å². The number of hydrogen-bond donors (Lipinski definition) is 3. The second-order valence-corrected chi connectivity index (χ2v) is 8.36. The van der Waals surface area contributed by atoms with Crippen molar-refractivity contribution in [3.63, 3.8) is 0 Å². The van der Waals surface area contributed by atoms with Gasteiger partial charge in [-0.15, -0.1) is 0 Å². The summed E-state index contributed by atoms with van der Waals surface area (Å²) in [6, 6.07) is 13.7. The van der Waals surface area contributed by atoms with Gasteiger partial charge in [0.15, 0.2) is 22.2 Å². The fraction of sp³-hybridized carbons (Fsp3) is 0.160. The van der Waals surface area contributed by atoms with Gasteiger partial charge in [0.25, 0.3) is 5.91 Å². The third kappa shape index (κ3) is 4.25. The predicted molar refractivity (Wildman–Crippen MR) is 132 cm³/mol. The minimum atomic E-state index is -0.390. The lowest BCUT2D eigenvalue weighted by molar-refractivity contribution is 0.0976. The molecule has 3 aromatic carbocycles. The number of nitrogens with one attached hydrogen (secondary N) is 2. The summed E-state index contributed by atoms with van der Waals surface area (Å²) in [5, 5.41) is 16.1. The van der Waals surface area contributed by atoms with Gasteiger partial charge in [-0.25, -0.2) is 4.98 Å². The Morgan fingerprint density at radius 1 is 1.03 bits per heavy atom. The summed E-state index contributed by atoms with van der Waals surface area (Å²) in [5.41, 5.74) is 4.76. The number of phenolic OH excluding ortho intramolecular Hbond substituents is 1. The molecule has 0 saturated heterocycles. The molecule has 0 unspecified atom stereocenters. The van der Waals surface area contributed by atoms with Crippen LogP contribution in [0.2, 0.25) is 0 Å². The first-order valence-electron chi connectivity index (χ1n) is 10.6. The summed E-state index contributed by atoms with van der Waals surface area (Å²) in [6.45, 7) is 4.85. The van der Waals surface area contributed by atoms with E-state index in [4.69, 9.17) is 26.1 Å². The van der Waals surface area contributed by atoms with E-state index in [1.807, 2.05) is 26.0 Å². The molecule has 8 nitrogen and oxygen atoms in total. The number of hydrogen-bond acceptors (Lipinski definition) is 7. The fourth-order valence-electron chi connectivity index (χ4n) is 3.80. The molecule has 34 heavy (non-hydrogen) atoms. The van der Waals surface area contributed by atoms with Gasteiger partial charge < -0.3 is 24.3 Å². The normalized spacial score (nSPS) is 12.4. The molecule has 5 rings (SSSR count). The van der Waals surface area contributed by atoms with Crippen LogP contribution in [0.15, 0.2) is 52.9 Å². The first-order valence-corrected chi connectivity index (χ1v) is 11.0. The zero-order valence-electron chi connectivity index (χ0n) is 18.5. The minimum Gasteiger partial charge on any atom is -0.507 e. The smallest absolute Gasteiger partial charge is 0.257 e. The molecular weight excluding hydrogens is 454 g/mol. The lowest BCUT2D eigenvalue weighted by Gasteiger charge is -2.18. The molecule has 0 fully saturated rings. The van der Waals surface area contributed by atoms with E-state index in [-0.39, 0.29) is 16.8 Å². The quantitative estimate of drug-likeness (QED) is 0.289. The van der Waals surface area contributed by atoms with Crippen molar-refractivity contribution in [3.8, 4) is 28.7 Å². The highest BCUT2D eigenvalue weighted by Gasteiger charge is 2.17. The summed E-state index contributed by atoms with van der Waals surface area (Å²) in [5.74, 6) is 1.03. The maximum absolute atomic E-state index is 12.6. The number of ether oxygens (including phenoxy) is 2. The van der Waals surface area contributed by atoms with Crippen molar-refractivity contribution in [1.82, 2.24) is 10.3 Å². The summed E-state index contributed by atoms with van der Waals surface area (Å²) in [4.78, 5) is 17.2. The number of thiocarbonyl (C=S) groups is 1. The Morgan fingerprint density at radius 3 is 2.65 bits per heavy atom. The standard InChI is InChI=1S/C25H21N3O5S/c1-13-9-14(2)22-18(10-13)27-24(33-22)17-12-16(4-5-19(17)29)26-25(34)28-23(30)15-3-6-20-21(11-15)32-8-7-31-20/h3-6,9-12,29H,7-8H2,1-2H3,(H2,26,28,30,34). The van der Waals surface area contributed by atoms with Crippen LogP contribution in [-0.2, 0) is 0 Å². The number of aromatic nitrogens is 1. The molecule has 2 heterocycles. The van der Waals surface area contributed by atoms with Crippen LogP contribution < -0.4 is 20.1 Å². The molecule has 0 aliphatic carbocycles. The van der Waals surface area contributed by atoms with Crippen molar-refractivity contribution in [2.45, 2.75) is 13.8 Å². The minimum absolute atomic E-state index is 0.0118. The van der Waals surface area contributed by atoms with E-state index in [1.165, 1.54) is 6.07 Å². The number of anilines is 1. The first-order chi connectivity index (χ1) is 16.4. The Kier molecular flexibility index (Phi) is 5.54. The van der Waals surface area contributed by atoms with Gasteiger partial charge in [0.2, 0.25) is 5.89 Å². The Labute approximate surface area is 200 Å². The van der Waals surface area contributed by atoms with Crippen molar-refractivity contribution in [2.75, 3.05) is 18.5 Å².